The van der Waals surface area contributed by atoms with Crippen LogP contribution in [0.15, 0.2) is 21.5 Å². The van der Waals surface area contributed by atoms with Crippen LogP contribution in [0.4, 0.5) is 4.39 Å². The lowest BCUT2D eigenvalue weighted by atomic mass is 9.99. The zero-order valence-electron chi connectivity index (χ0n) is 11.9. The van der Waals surface area contributed by atoms with Crippen LogP contribution in [-0.2, 0) is 14.8 Å². The Hall–Kier alpha value is -1.19. The molecule has 2 atom stereocenters. The molecule has 2 rings (SSSR count). The molecular weight excluding hydrogens is 381 g/mol. The van der Waals surface area contributed by atoms with Gasteiger partial charge in [-0.25, -0.2) is 12.8 Å². The zero-order chi connectivity index (χ0) is 16.7. The largest absolute Gasteiger partial charge is 0.495 e. The number of carbonyl (C=O) groups is 1. The predicted octanol–water partition coefficient (Wildman–Crippen LogP) is 1.94. The maximum Gasteiger partial charge on any atom is 0.308 e. The van der Waals surface area contributed by atoms with Gasteiger partial charge >= 0.3 is 5.97 Å². The van der Waals surface area contributed by atoms with Crippen LogP contribution in [0.2, 0.25) is 0 Å². The van der Waals surface area contributed by atoms with Crippen molar-refractivity contribution < 1.29 is 27.4 Å². The lowest BCUT2D eigenvalue weighted by Crippen LogP contribution is -2.30. The topological polar surface area (TPSA) is 83.9 Å². The van der Waals surface area contributed by atoms with E-state index >= 15 is 0 Å². The summed E-state index contributed by atoms with van der Waals surface area (Å²) in [6, 6.07) is 2.10. The summed E-state index contributed by atoms with van der Waals surface area (Å²) in [5.74, 6) is -2.88. The fourth-order valence-corrected chi connectivity index (χ4v) is 4.49. The van der Waals surface area contributed by atoms with E-state index in [1.54, 1.807) is 6.92 Å². The summed E-state index contributed by atoms with van der Waals surface area (Å²) < 4.78 is 45.2. The molecule has 1 saturated heterocycles. The quantitative estimate of drug-likeness (QED) is 0.841. The minimum Gasteiger partial charge on any atom is -0.495 e. The number of methoxy groups -OCH3 is 1. The molecule has 9 heteroatoms. The standard InChI is InChI=1S/C13H15BrFNO5S/c1-7-5-16(6-8(7)13(17)18)22(19,20)12-4-10(15)9(14)3-11(12)21-2/h3-4,7-8H,5-6H2,1-2H3,(H,17,18)/t7-,8-/m1/s1. The van der Waals surface area contributed by atoms with Gasteiger partial charge in [0.25, 0.3) is 0 Å². The third-order valence-corrected chi connectivity index (χ3v) is 6.18. The molecule has 0 amide bonds. The predicted molar refractivity (Wildman–Crippen MR) is 79.7 cm³/mol. The Balaban J connectivity index is 2.44. The first kappa shape index (κ1) is 17.2. The molecule has 0 saturated carbocycles. The van der Waals surface area contributed by atoms with E-state index in [1.807, 2.05) is 0 Å². The maximum atomic E-state index is 13.7. The van der Waals surface area contributed by atoms with Gasteiger partial charge in [0.1, 0.15) is 16.5 Å². The van der Waals surface area contributed by atoms with E-state index in [9.17, 15) is 17.6 Å². The van der Waals surface area contributed by atoms with Gasteiger partial charge in [-0.3, -0.25) is 4.79 Å². The summed E-state index contributed by atoms with van der Waals surface area (Å²) in [4.78, 5) is 10.8. The second-order valence-electron chi connectivity index (χ2n) is 5.16. The van der Waals surface area contributed by atoms with E-state index in [0.29, 0.717) is 0 Å². The first-order chi connectivity index (χ1) is 10.2. The number of sulfonamides is 1. The summed E-state index contributed by atoms with van der Waals surface area (Å²) in [6.07, 6.45) is 0. The van der Waals surface area contributed by atoms with Gasteiger partial charge in [0.15, 0.2) is 0 Å². The fraction of sp³-hybridized carbons (Fsp3) is 0.462. The molecule has 6 nitrogen and oxygen atoms in total. The van der Waals surface area contributed by atoms with E-state index in [1.165, 1.54) is 13.2 Å². The number of rotatable bonds is 4. The molecule has 0 spiro atoms. The van der Waals surface area contributed by atoms with Gasteiger partial charge in [-0.2, -0.15) is 4.31 Å². The summed E-state index contributed by atoms with van der Waals surface area (Å²) in [7, 11) is -2.75. The van der Waals surface area contributed by atoms with Crippen molar-refractivity contribution in [1.82, 2.24) is 4.31 Å². The first-order valence-corrected chi connectivity index (χ1v) is 8.67. The van der Waals surface area contributed by atoms with Gasteiger partial charge in [0.05, 0.1) is 17.5 Å². The molecule has 122 valence electrons. The van der Waals surface area contributed by atoms with Crippen LogP contribution in [0, 0.1) is 17.7 Å². The van der Waals surface area contributed by atoms with E-state index in [0.717, 1.165) is 10.4 Å². The number of aliphatic carboxylic acids is 1. The monoisotopic (exact) mass is 395 g/mol. The van der Waals surface area contributed by atoms with E-state index in [2.05, 4.69) is 15.9 Å². The van der Waals surface area contributed by atoms with Gasteiger partial charge in [-0.15, -0.1) is 0 Å². The third-order valence-electron chi connectivity index (χ3n) is 3.72. The molecule has 22 heavy (non-hydrogen) atoms. The number of carboxylic acids is 1. The van der Waals surface area contributed by atoms with Crippen LogP contribution >= 0.6 is 15.9 Å². The third kappa shape index (κ3) is 2.97. The Labute approximate surface area is 136 Å². The van der Waals surface area contributed by atoms with E-state index in [4.69, 9.17) is 9.84 Å². The normalized spacial score (nSPS) is 22.7. The lowest BCUT2D eigenvalue weighted by molar-refractivity contribution is -0.142. The number of hydrogen-bond acceptors (Lipinski definition) is 4. The van der Waals surface area contributed by atoms with Crippen LogP contribution in [0.5, 0.6) is 5.75 Å². The highest BCUT2D eigenvalue weighted by Gasteiger charge is 2.41. The molecule has 1 aromatic carbocycles. The summed E-state index contributed by atoms with van der Waals surface area (Å²) in [5, 5.41) is 9.11. The van der Waals surface area contributed by atoms with Crippen molar-refractivity contribution in [3.05, 3.63) is 22.4 Å². The molecule has 1 N–H and O–H groups in total. The van der Waals surface area contributed by atoms with E-state index in [-0.39, 0.29) is 34.1 Å². The summed E-state index contributed by atoms with van der Waals surface area (Å²) >= 11 is 2.97. The average Bonchev–Trinajstić information content (AvgIpc) is 2.84. The van der Waals surface area contributed by atoms with Crippen LogP contribution in [0.1, 0.15) is 6.92 Å². The van der Waals surface area contributed by atoms with Crippen LogP contribution in [0.25, 0.3) is 0 Å². The summed E-state index contributed by atoms with van der Waals surface area (Å²) in [5.41, 5.74) is 0. The summed E-state index contributed by atoms with van der Waals surface area (Å²) in [6.45, 7) is 1.60. The van der Waals surface area contributed by atoms with Crippen molar-refractivity contribution in [2.24, 2.45) is 11.8 Å². The van der Waals surface area contributed by atoms with Crippen molar-refractivity contribution in [1.29, 1.82) is 0 Å². The zero-order valence-corrected chi connectivity index (χ0v) is 14.3. The first-order valence-electron chi connectivity index (χ1n) is 6.44. The Morgan fingerprint density at radius 1 is 1.45 bits per heavy atom. The van der Waals surface area contributed by atoms with Gasteiger partial charge < -0.3 is 9.84 Å². The number of halogens is 2. The number of ether oxygens (including phenoxy) is 1. The number of nitrogens with zero attached hydrogens (tertiary/aromatic N) is 1. The Morgan fingerprint density at radius 3 is 2.59 bits per heavy atom. The second kappa shape index (κ2) is 6.13. The Bertz CT molecular complexity index is 709. The van der Waals surface area contributed by atoms with Crippen LogP contribution in [-0.4, -0.2) is 44.0 Å². The molecule has 0 unspecified atom stereocenters. The average molecular weight is 396 g/mol. The SMILES string of the molecule is COc1cc(Br)c(F)cc1S(=O)(=O)N1C[C@@H](C)[C@H](C(=O)O)C1. The number of hydrogen-bond donors (Lipinski definition) is 1. The molecular formula is C13H15BrFNO5S. The van der Waals surface area contributed by atoms with Crippen molar-refractivity contribution >= 4 is 31.9 Å². The highest BCUT2D eigenvalue weighted by Crippen LogP contribution is 2.35. The smallest absolute Gasteiger partial charge is 0.308 e. The van der Waals surface area contributed by atoms with Crippen LogP contribution in [0.3, 0.4) is 0 Å². The number of benzene rings is 1. The van der Waals surface area contributed by atoms with Gasteiger partial charge in [0.2, 0.25) is 10.0 Å². The minimum absolute atomic E-state index is 0.000275. The fourth-order valence-electron chi connectivity index (χ4n) is 2.45. The molecule has 0 aromatic heterocycles. The highest BCUT2D eigenvalue weighted by molar-refractivity contribution is 9.10. The molecule has 0 radical (unpaired) electrons. The molecule has 1 heterocycles. The second-order valence-corrected chi connectivity index (χ2v) is 7.92. The van der Waals surface area contributed by atoms with E-state index < -0.39 is 27.7 Å². The van der Waals surface area contributed by atoms with Crippen LogP contribution < -0.4 is 4.74 Å². The van der Waals surface area contributed by atoms with Gasteiger partial charge in [0, 0.05) is 13.1 Å². The highest BCUT2D eigenvalue weighted by atomic mass is 79.9. The Kier molecular flexibility index (Phi) is 4.78. The van der Waals surface area contributed by atoms with Gasteiger partial charge in [-0.05, 0) is 34.0 Å². The van der Waals surface area contributed by atoms with Crippen molar-refractivity contribution in [2.45, 2.75) is 11.8 Å². The van der Waals surface area contributed by atoms with Gasteiger partial charge in [-0.1, -0.05) is 6.92 Å². The number of carboxylic acid groups (broad SMARTS) is 1. The molecule has 1 aliphatic heterocycles. The molecule has 1 aromatic rings. The molecule has 0 bridgehead atoms. The Morgan fingerprint density at radius 2 is 2.09 bits per heavy atom. The lowest BCUT2D eigenvalue weighted by Gasteiger charge is -2.18. The van der Waals surface area contributed by atoms with Crippen molar-refractivity contribution in [3.8, 4) is 5.75 Å². The molecule has 1 fully saturated rings. The minimum atomic E-state index is -4.04. The molecule has 0 aliphatic carbocycles. The maximum absolute atomic E-state index is 13.7. The van der Waals surface area contributed by atoms with Crippen molar-refractivity contribution in [2.75, 3.05) is 20.2 Å². The van der Waals surface area contributed by atoms with Crippen molar-refractivity contribution in [3.63, 3.8) is 0 Å². The molecule has 1 aliphatic rings.